The number of carbonyl (C=O) groups is 4. The van der Waals surface area contributed by atoms with Crippen LogP contribution in [0.25, 0.3) is 0 Å². The molecule has 9 heteroatoms. The Hall–Kier alpha value is -4.79. The summed E-state index contributed by atoms with van der Waals surface area (Å²) in [5.74, 6) is -0.886. The van der Waals surface area contributed by atoms with Crippen molar-refractivity contribution in [2.75, 3.05) is 18.4 Å². The smallest absolute Gasteiger partial charge is 0.252 e. The third-order valence-corrected chi connectivity index (χ3v) is 7.00. The molecule has 2 atom stereocenters. The largest absolute Gasteiger partial charge is 0.356 e. The number of rotatable bonds is 12. The van der Waals surface area contributed by atoms with E-state index < -0.39 is 11.9 Å². The molecule has 4 rings (SSSR count). The Bertz CT molecular complexity index is 1390. The van der Waals surface area contributed by atoms with Crippen molar-refractivity contribution in [2.45, 2.75) is 51.1 Å². The van der Waals surface area contributed by atoms with Gasteiger partial charge in [0.1, 0.15) is 6.04 Å². The molecule has 218 valence electrons. The second kappa shape index (κ2) is 15.3. The lowest BCUT2D eigenvalue weighted by Gasteiger charge is -2.36. The zero-order chi connectivity index (χ0) is 29.7. The van der Waals surface area contributed by atoms with Crippen LogP contribution in [-0.2, 0) is 14.4 Å². The number of nitrogens with zero attached hydrogens (tertiary/aromatic N) is 2. The van der Waals surface area contributed by atoms with Crippen molar-refractivity contribution in [2.24, 2.45) is 0 Å². The summed E-state index contributed by atoms with van der Waals surface area (Å²) in [6, 6.07) is 18.5. The van der Waals surface area contributed by atoms with Crippen LogP contribution in [0.2, 0.25) is 0 Å². The lowest BCUT2D eigenvalue weighted by molar-refractivity contribution is -0.135. The number of hydrogen-bond donors (Lipinski definition) is 3. The number of aromatic nitrogens is 1. The van der Waals surface area contributed by atoms with Gasteiger partial charge in [-0.05, 0) is 54.7 Å². The van der Waals surface area contributed by atoms with Gasteiger partial charge in [-0.2, -0.15) is 0 Å². The van der Waals surface area contributed by atoms with E-state index in [1.165, 1.54) is 0 Å². The number of amides is 4. The molecule has 4 amide bonds. The third kappa shape index (κ3) is 8.36. The van der Waals surface area contributed by atoms with Gasteiger partial charge in [-0.1, -0.05) is 61.5 Å². The van der Waals surface area contributed by atoms with Gasteiger partial charge in [0.05, 0.1) is 6.04 Å². The van der Waals surface area contributed by atoms with Gasteiger partial charge in [0.25, 0.3) is 11.8 Å². The molecule has 0 aliphatic carbocycles. The quantitative estimate of drug-likeness (QED) is 0.216. The molecule has 0 bridgehead atoms. The fourth-order valence-electron chi connectivity index (χ4n) is 4.87. The average Bonchev–Trinajstić information content (AvgIpc) is 3.02. The first-order valence-corrected chi connectivity index (χ1v) is 14.3. The zero-order valence-corrected chi connectivity index (χ0v) is 23.8. The molecule has 0 unspecified atom stereocenters. The second-order valence-corrected chi connectivity index (χ2v) is 10.1. The number of hydrogen-bond acceptors (Lipinski definition) is 5. The summed E-state index contributed by atoms with van der Waals surface area (Å²) in [6.07, 6.45) is 10.1. The number of benzene rings is 2. The van der Waals surface area contributed by atoms with Crippen molar-refractivity contribution >= 4 is 29.3 Å². The maximum atomic E-state index is 14.0. The van der Waals surface area contributed by atoms with Crippen LogP contribution in [0.5, 0.6) is 0 Å². The summed E-state index contributed by atoms with van der Waals surface area (Å²) in [5.41, 5.74) is 2.39. The molecule has 2 aromatic carbocycles. The lowest BCUT2D eigenvalue weighted by atomic mass is 9.97. The SMILES string of the molecule is CCCC(=O)NCCCC(=O)Nc1cccc(C(=O)N[C@H](C(=O)N2CC=CC[C@@H]2c2cccnc2)c2ccccc2)c1. The van der Waals surface area contributed by atoms with Crippen molar-refractivity contribution < 1.29 is 19.2 Å². The van der Waals surface area contributed by atoms with Crippen LogP contribution < -0.4 is 16.0 Å². The number of anilines is 1. The minimum absolute atomic E-state index is 0.0201. The monoisotopic (exact) mass is 567 g/mol. The van der Waals surface area contributed by atoms with Crippen molar-refractivity contribution in [3.8, 4) is 0 Å². The Kier molecular flexibility index (Phi) is 11.0. The van der Waals surface area contributed by atoms with Gasteiger partial charge >= 0.3 is 0 Å². The van der Waals surface area contributed by atoms with E-state index in [0.29, 0.717) is 49.2 Å². The van der Waals surface area contributed by atoms with Gasteiger partial charge in [0, 0.05) is 49.6 Å². The molecular weight excluding hydrogens is 530 g/mol. The molecule has 1 aliphatic rings. The lowest BCUT2D eigenvalue weighted by Crippen LogP contribution is -2.45. The molecule has 0 spiro atoms. The molecule has 1 aromatic heterocycles. The van der Waals surface area contributed by atoms with Crippen molar-refractivity contribution in [3.05, 3.63) is 108 Å². The van der Waals surface area contributed by atoms with E-state index in [-0.39, 0.29) is 30.2 Å². The highest BCUT2D eigenvalue weighted by molar-refractivity contribution is 5.99. The van der Waals surface area contributed by atoms with Crippen LogP contribution in [0.4, 0.5) is 5.69 Å². The fourth-order valence-corrected chi connectivity index (χ4v) is 4.87. The van der Waals surface area contributed by atoms with Gasteiger partial charge in [-0.15, -0.1) is 0 Å². The highest BCUT2D eigenvalue weighted by atomic mass is 16.2. The van der Waals surface area contributed by atoms with Gasteiger partial charge < -0.3 is 20.9 Å². The first-order chi connectivity index (χ1) is 20.5. The first kappa shape index (κ1) is 30.2. The summed E-state index contributed by atoms with van der Waals surface area (Å²) < 4.78 is 0. The zero-order valence-electron chi connectivity index (χ0n) is 23.8. The topological polar surface area (TPSA) is 120 Å². The molecular formula is C33H37N5O4. The first-order valence-electron chi connectivity index (χ1n) is 14.3. The fraction of sp³-hybridized carbons (Fsp3) is 0.303. The Balaban J connectivity index is 1.45. The third-order valence-electron chi connectivity index (χ3n) is 7.00. The number of nitrogens with one attached hydrogen (secondary N) is 3. The van der Waals surface area contributed by atoms with E-state index in [4.69, 9.17) is 0 Å². The molecule has 0 radical (unpaired) electrons. The molecule has 42 heavy (non-hydrogen) atoms. The summed E-state index contributed by atoms with van der Waals surface area (Å²) in [5, 5.41) is 8.55. The van der Waals surface area contributed by atoms with Gasteiger partial charge in [-0.3, -0.25) is 24.2 Å². The van der Waals surface area contributed by atoms with Crippen LogP contribution in [0.3, 0.4) is 0 Å². The molecule has 0 saturated heterocycles. The van der Waals surface area contributed by atoms with Gasteiger partial charge in [0.15, 0.2) is 0 Å². The summed E-state index contributed by atoms with van der Waals surface area (Å²) >= 11 is 0. The summed E-state index contributed by atoms with van der Waals surface area (Å²) in [6.45, 7) is 2.78. The van der Waals surface area contributed by atoms with E-state index in [2.05, 4.69) is 27.0 Å². The maximum absolute atomic E-state index is 14.0. The standard InChI is InChI=1S/C33H37N5O4/c1-2-11-29(39)35-20-10-18-30(40)36-27-16-8-14-25(22-27)32(41)37-31(24-12-4-3-5-13-24)33(42)38-21-7-6-17-28(38)26-15-9-19-34-23-26/h3-9,12-16,19,22-23,28,31H,2,10-11,17-18,20-21H2,1H3,(H,35,39)(H,36,40)(H,37,41)/t28-,31+/m1/s1. The Morgan fingerprint density at radius 2 is 1.79 bits per heavy atom. The number of carbonyl (C=O) groups excluding carboxylic acids is 4. The Morgan fingerprint density at radius 1 is 0.952 bits per heavy atom. The molecule has 3 aromatic rings. The van der Waals surface area contributed by atoms with E-state index in [9.17, 15) is 19.2 Å². The van der Waals surface area contributed by atoms with Crippen molar-refractivity contribution in [1.82, 2.24) is 20.5 Å². The Morgan fingerprint density at radius 3 is 2.55 bits per heavy atom. The van der Waals surface area contributed by atoms with Crippen LogP contribution in [0, 0.1) is 0 Å². The van der Waals surface area contributed by atoms with E-state index in [0.717, 1.165) is 12.0 Å². The van der Waals surface area contributed by atoms with Crippen molar-refractivity contribution in [1.29, 1.82) is 0 Å². The Labute approximate surface area is 246 Å². The van der Waals surface area contributed by atoms with E-state index in [1.807, 2.05) is 55.5 Å². The van der Waals surface area contributed by atoms with Crippen molar-refractivity contribution in [3.63, 3.8) is 0 Å². The van der Waals surface area contributed by atoms with Gasteiger partial charge in [-0.25, -0.2) is 0 Å². The average molecular weight is 568 g/mol. The molecule has 0 saturated carbocycles. The minimum Gasteiger partial charge on any atom is -0.356 e. The summed E-state index contributed by atoms with van der Waals surface area (Å²) in [7, 11) is 0. The summed E-state index contributed by atoms with van der Waals surface area (Å²) in [4.78, 5) is 57.6. The highest BCUT2D eigenvalue weighted by Gasteiger charge is 2.33. The van der Waals surface area contributed by atoms with Crippen LogP contribution in [0.1, 0.15) is 72.6 Å². The molecule has 1 aliphatic heterocycles. The molecule has 2 heterocycles. The minimum atomic E-state index is -0.912. The van der Waals surface area contributed by atoms with E-state index >= 15 is 0 Å². The van der Waals surface area contributed by atoms with Crippen LogP contribution in [0.15, 0.2) is 91.3 Å². The normalized spacial score (nSPS) is 15.0. The maximum Gasteiger partial charge on any atom is 0.252 e. The molecule has 0 fully saturated rings. The van der Waals surface area contributed by atoms with E-state index in [1.54, 1.807) is 41.6 Å². The number of pyridine rings is 1. The molecule has 9 nitrogen and oxygen atoms in total. The van der Waals surface area contributed by atoms with Gasteiger partial charge in [0.2, 0.25) is 11.8 Å². The second-order valence-electron chi connectivity index (χ2n) is 10.1. The highest BCUT2D eigenvalue weighted by Crippen LogP contribution is 2.30. The predicted molar refractivity (Wildman–Crippen MR) is 161 cm³/mol. The molecule has 3 N–H and O–H groups in total. The van der Waals surface area contributed by atoms with Crippen LogP contribution in [-0.4, -0.2) is 46.6 Å². The van der Waals surface area contributed by atoms with Crippen LogP contribution >= 0.6 is 0 Å². The predicted octanol–water partition coefficient (Wildman–Crippen LogP) is 4.72.